The number of rotatable bonds is 10. The van der Waals surface area contributed by atoms with Gasteiger partial charge in [0, 0.05) is 35.7 Å². The Morgan fingerprint density at radius 1 is 1.18 bits per heavy atom. The predicted molar refractivity (Wildman–Crippen MR) is 125 cm³/mol. The number of fused-ring (bicyclic) bond motifs is 1. The van der Waals surface area contributed by atoms with Gasteiger partial charge in [-0.2, -0.15) is 0 Å². The Hall–Kier alpha value is -3.54. The number of carbonyl (C=O) groups excluding carboxylic acids is 1. The predicted octanol–water partition coefficient (Wildman–Crippen LogP) is 5.56. The molecule has 6 nitrogen and oxygen atoms in total. The van der Waals surface area contributed by atoms with Gasteiger partial charge in [0.05, 0.1) is 14.2 Å². The van der Waals surface area contributed by atoms with Crippen molar-refractivity contribution in [2.75, 3.05) is 6.61 Å². The molecule has 1 N–H and O–H groups in total. The van der Waals surface area contributed by atoms with Crippen molar-refractivity contribution in [3.63, 3.8) is 0 Å². The van der Waals surface area contributed by atoms with Crippen LogP contribution in [-0.2, 0) is 17.7 Å². The van der Waals surface area contributed by atoms with E-state index in [0.29, 0.717) is 36.3 Å². The first-order chi connectivity index (χ1) is 16.5. The second kappa shape index (κ2) is 10.4. The first-order valence-corrected chi connectivity index (χ1v) is 11.3. The number of aliphatic carboxylic acids is 1. The number of hydrogen-bond acceptors (Lipinski definition) is 4. The molecule has 0 spiro atoms. The second-order valence-electron chi connectivity index (χ2n) is 8.33. The molecule has 1 aliphatic rings. The molecule has 2 atom stereocenters. The Kier molecular flexibility index (Phi) is 6.71. The monoisotopic (exact) mass is 448 g/mol. The molecule has 2 heterocycles. The van der Waals surface area contributed by atoms with Crippen LogP contribution < -0.4 is 4.74 Å². The number of nitrogens with zero attached hydrogens (tertiary/aromatic N) is 1. The average Bonchev–Trinajstić information content (AvgIpc) is 3.36. The SMILES string of the molecule is [2H]C(c1ccccc1OCCCCCC(=O)O)N1C(=O)c2ccc(-c3ccco3)cc2CC1C. The van der Waals surface area contributed by atoms with Gasteiger partial charge in [-0.15, -0.1) is 0 Å². The van der Waals surface area contributed by atoms with Crippen molar-refractivity contribution >= 4 is 11.9 Å². The third kappa shape index (κ3) is 5.45. The zero-order chi connectivity index (χ0) is 24.1. The van der Waals surface area contributed by atoms with E-state index in [2.05, 4.69) is 0 Å². The number of carboxylic acid groups (broad SMARTS) is 1. The van der Waals surface area contributed by atoms with Crippen LogP contribution >= 0.6 is 0 Å². The third-order valence-electron chi connectivity index (χ3n) is 5.86. The van der Waals surface area contributed by atoms with Crippen LogP contribution in [0.4, 0.5) is 0 Å². The molecule has 0 saturated carbocycles. The molecule has 1 aliphatic heterocycles. The first kappa shape index (κ1) is 21.3. The summed E-state index contributed by atoms with van der Waals surface area (Å²) in [6, 6.07) is 16.6. The number of ether oxygens (including phenoxy) is 1. The molecule has 33 heavy (non-hydrogen) atoms. The van der Waals surface area contributed by atoms with Crippen molar-refractivity contribution < 1.29 is 25.2 Å². The van der Waals surface area contributed by atoms with E-state index in [1.165, 1.54) is 0 Å². The first-order valence-electron chi connectivity index (χ1n) is 11.9. The Balaban J connectivity index is 1.47. The van der Waals surface area contributed by atoms with Crippen LogP contribution in [0.5, 0.6) is 5.75 Å². The van der Waals surface area contributed by atoms with Gasteiger partial charge >= 0.3 is 5.97 Å². The molecule has 0 radical (unpaired) electrons. The number of carbonyl (C=O) groups is 2. The lowest BCUT2D eigenvalue weighted by molar-refractivity contribution is -0.137. The fourth-order valence-corrected chi connectivity index (χ4v) is 4.11. The lowest BCUT2D eigenvalue weighted by Crippen LogP contribution is -2.43. The third-order valence-corrected chi connectivity index (χ3v) is 5.86. The minimum absolute atomic E-state index is 0.154. The highest BCUT2D eigenvalue weighted by molar-refractivity contribution is 5.97. The molecule has 2 unspecified atom stereocenters. The highest BCUT2D eigenvalue weighted by atomic mass is 16.5. The molecule has 4 rings (SSSR count). The van der Waals surface area contributed by atoms with Crippen LogP contribution in [0.15, 0.2) is 65.3 Å². The summed E-state index contributed by atoms with van der Waals surface area (Å²) in [5.41, 5.74) is 3.15. The Labute approximate surface area is 195 Å². The van der Waals surface area contributed by atoms with E-state index in [0.717, 1.165) is 29.7 Å². The van der Waals surface area contributed by atoms with Crippen LogP contribution in [0.2, 0.25) is 0 Å². The number of unbranched alkanes of at least 4 members (excludes halogenated alkanes) is 2. The van der Waals surface area contributed by atoms with Gasteiger partial charge in [-0.3, -0.25) is 9.59 Å². The molecule has 3 aromatic rings. The molecule has 172 valence electrons. The van der Waals surface area contributed by atoms with Gasteiger partial charge in [-0.05, 0) is 68.5 Å². The van der Waals surface area contributed by atoms with E-state index in [1.54, 1.807) is 11.2 Å². The van der Waals surface area contributed by atoms with E-state index in [1.807, 2.05) is 61.5 Å². The number of benzene rings is 2. The summed E-state index contributed by atoms with van der Waals surface area (Å²) in [5, 5.41) is 8.74. The van der Waals surface area contributed by atoms with Crippen LogP contribution in [0.25, 0.3) is 11.3 Å². The second-order valence-corrected chi connectivity index (χ2v) is 8.33. The number of furan rings is 1. The van der Waals surface area contributed by atoms with Crippen LogP contribution in [0, 0.1) is 0 Å². The van der Waals surface area contributed by atoms with E-state index in [4.69, 9.17) is 15.6 Å². The van der Waals surface area contributed by atoms with Gasteiger partial charge < -0.3 is 19.2 Å². The summed E-state index contributed by atoms with van der Waals surface area (Å²) < 4.78 is 20.4. The summed E-state index contributed by atoms with van der Waals surface area (Å²) >= 11 is 0. The molecule has 1 aromatic heterocycles. The smallest absolute Gasteiger partial charge is 0.303 e. The van der Waals surface area contributed by atoms with Crippen molar-refractivity contribution in [3.8, 4) is 17.1 Å². The molecular formula is C27H29NO5. The van der Waals surface area contributed by atoms with Gasteiger partial charge in [0.25, 0.3) is 5.91 Å². The zero-order valence-electron chi connectivity index (χ0n) is 19.7. The van der Waals surface area contributed by atoms with Crippen molar-refractivity contribution in [2.45, 2.75) is 51.6 Å². The fourth-order valence-electron chi connectivity index (χ4n) is 4.11. The quantitative estimate of drug-likeness (QED) is 0.411. The molecule has 6 heteroatoms. The lowest BCUT2D eigenvalue weighted by Gasteiger charge is -2.35. The lowest BCUT2D eigenvalue weighted by atomic mass is 9.91. The minimum Gasteiger partial charge on any atom is -0.493 e. The Morgan fingerprint density at radius 2 is 2.03 bits per heavy atom. The van der Waals surface area contributed by atoms with Crippen molar-refractivity contribution in [2.24, 2.45) is 0 Å². The fraction of sp³-hybridized carbons (Fsp3) is 0.333. The van der Waals surface area contributed by atoms with E-state index < -0.39 is 12.5 Å². The highest BCUT2D eigenvalue weighted by Crippen LogP contribution is 2.31. The summed E-state index contributed by atoms with van der Waals surface area (Å²) in [6.07, 6.45) is 4.54. The summed E-state index contributed by atoms with van der Waals surface area (Å²) in [6.45, 7) is 1.50. The zero-order valence-corrected chi connectivity index (χ0v) is 18.7. The number of hydrogen-bond donors (Lipinski definition) is 1. The summed E-state index contributed by atoms with van der Waals surface area (Å²) in [7, 11) is 0. The highest BCUT2D eigenvalue weighted by Gasteiger charge is 2.30. The Morgan fingerprint density at radius 3 is 2.82 bits per heavy atom. The number of carboxylic acids is 1. The van der Waals surface area contributed by atoms with E-state index >= 15 is 0 Å². The van der Waals surface area contributed by atoms with E-state index in [9.17, 15) is 9.59 Å². The number of amides is 1. The largest absolute Gasteiger partial charge is 0.493 e. The maximum absolute atomic E-state index is 13.4. The van der Waals surface area contributed by atoms with E-state index in [-0.39, 0.29) is 18.4 Å². The minimum atomic E-state index is -0.899. The maximum atomic E-state index is 13.4. The molecule has 2 aromatic carbocycles. The topological polar surface area (TPSA) is 80.0 Å². The summed E-state index contributed by atoms with van der Waals surface area (Å²) in [4.78, 5) is 25.7. The van der Waals surface area contributed by atoms with Crippen molar-refractivity contribution in [1.82, 2.24) is 4.90 Å². The summed E-state index contributed by atoms with van der Waals surface area (Å²) in [5.74, 6) is 0.392. The standard InChI is InChI=1S/C27H29NO5/c1-19-16-22-17-20(24-10-7-15-33-24)12-13-23(22)27(31)28(19)18-21-8-4-5-9-25(21)32-14-6-2-3-11-26(29)30/h4-5,7-10,12-13,15,17,19H,2-3,6,11,14,16,18H2,1H3,(H,29,30)/i18D. The molecule has 0 fully saturated rings. The van der Waals surface area contributed by atoms with Gasteiger partial charge in [0.1, 0.15) is 11.5 Å². The maximum Gasteiger partial charge on any atom is 0.303 e. The molecule has 0 saturated heterocycles. The van der Waals surface area contributed by atoms with Gasteiger partial charge in [0.15, 0.2) is 0 Å². The molecular weight excluding hydrogens is 418 g/mol. The van der Waals surface area contributed by atoms with Gasteiger partial charge in [-0.1, -0.05) is 24.3 Å². The van der Waals surface area contributed by atoms with Crippen LogP contribution in [0.1, 0.15) is 55.5 Å². The molecule has 0 bridgehead atoms. The van der Waals surface area contributed by atoms with Crippen molar-refractivity contribution in [1.29, 1.82) is 0 Å². The molecule has 0 aliphatic carbocycles. The van der Waals surface area contributed by atoms with Crippen molar-refractivity contribution in [3.05, 3.63) is 77.6 Å². The molecule has 1 amide bonds. The normalized spacial score (nSPS) is 16.8. The van der Waals surface area contributed by atoms with Gasteiger partial charge in [-0.25, -0.2) is 0 Å². The number of para-hydroxylation sites is 1. The van der Waals surface area contributed by atoms with Crippen LogP contribution in [-0.4, -0.2) is 34.5 Å². The van der Waals surface area contributed by atoms with Crippen LogP contribution in [0.3, 0.4) is 0 Å². The van der Waals surface area contributed by atoms with Gasteiger partial charge in [0.2, 0.25) is 0 Å². The Bertz CT molecular complexity index is 1140. The average molecular weight is 449 g/mol.